The zero-order chi connectivity index (χ0) is 14.7. The van der Waals surface area contributed by atoms with Crippen LogP contribution >= 0.6 is 0 Å². The second kappa shape index (κ2) is 6.57. The van der Waals surface area contributed by atoms with Crippen LogP contribution in [0.25, 0.3) is 0 Å². The Hall–Kier alpha value is -1.10. The number of carbonyl (C=O) groups excluding carboxylic acids is 1. The minimum Gasteiger partial charge on any atom is -0.481 e. The van der Waals surface area contributed by atoms with Gasteiger partial charge in [-0.25, -0.2) is 0 Å². The fraction of sp³-hybridized carbons (Fsp3) is 0.867. The summed E-state index contributed by atoms with van der Waals surface area (Å²) >= 11 is 0. The molecule has 5 atom stereocenters. The number of aliphatic hydroxyl groups is 1. The fourth-order valence-electron chi connectivity index (χ4n) is 3.64. The highest BCUT2D eigenvalue weighted by Crippen LogP contribution is 2.36. The topological polar surface area (TPSA) is 86.6 Å². The Balaban J connectivity index is 1.86. The molecule has 0 radical (unpaired) electrons. The molecule has 0 saturated heterocycles. The SMILES string of the molecule is CC1C[C@H](C(=O)NCC2CCCCC2O)[C@H](C(=O)O)C1. The summed E-state index contributed by atoms with van der Waals surface area (Å²) in [5, 5.41) is 21.9. The van der Waals surface area contributed by atoms with Gasteiger partial charge in [-0.15, -0.1) is 0 Å². The average molecular weight is 283 g/mol. The number of rotatable bonds is 4. The van der Waals surface area contributed by atoms with Gasteiger partial charge in [-0.05, 0) is 31.6 Å². The van der Waals surface area contributed by atoms with E-state index in [1.165, 1.54) is 0 Å². The van der Waals surface area contributed by atoms with Crippen LogP contribution in [0.1, 0.15) is 45.4 Å². The third-order valence-corrected chi connectivity index (χ3v) is 4.86. The normalized spacial score (nSPS) is 37.6. The summed E-state index contributed by atoms with van der Waals surface area (Å²) in [7, 11) is 0. The fourth-order valence-corrected chi connectivity index (χ4v) is 3.64. The molecule has 0 spiro atoms. The van der Waals surface area contributed by atoms with E-state index in [2.05, 4.69) is 5.32 Å². The Labute approximate surface area is 119 Å². The molecule has 1 amide bonds. The molecular weight excluding hydrogens is 258 g/mol. The van der Waals surface area contributed by atoms with Crippen LogP contribution in [0.2, 0.25) is 0 Å². The van der Waals surface area contributed by atoms with Crippen molar-refractivity contribution in [3.63, 3.8) is 0 Å². The van der Waals surface area contributed by atoms with E-state index < -0.39 is 17.8 Å². The van der Waals surface area contributed by atoms with Gasteiger partial charge in [-0.2, -0.15) is 0 Å². The lowest BCUT2D eigenvalue weighted by molar-refractivity contribution is -0.146. The monoisotopic (exact) mass is 283 g/mol. The van der Waals surface area contributed by atoms with Crippen molar-refractivity contribution in [1.29, 1.82) is 0 Å². The van der Waals surface area contributed by atoms with Crippen molar-refractivity contribution in [2.24, 2.45) is 23.7 Å². The molecule has 3 unspecified atom stereocenters. The van der Waals surface area contributed by atoms with E-state index in [9.17, 15) is 19.8 Å². The van der Waals surface area contributed by atoms with Crippen molar-refractivity contribution in [3.05, 3.63) is 0 Å². The molecule has 114 valence electrons. The van der Waals surface area contributed by atoms with E-state index in [-0.39, 0.29) is 23.8 Å². The van der Waals surface area contributed by atoms with Crippen LogP contribution in [0, 0.1) is 23.7 Å². The number of hydrogen-bond donors (Lipinski definition) is 3. The first kappa shape index (κ1) is 15.3. The van der Waals surface area contributed by atoms with Gasteiger partial charge in [-0.3, -0.25) is 9.59 Å². The number of hydrogen-bond acceptors (Lipinski definition) is 3. The van der Waals surface area contributed by atoms with Gasteiger partial charge in [0.15, 0.2) is 0 Å². The van der Waals surface area contributed by atoms with E-state index in [1.54, 1.807) is 0 Å². The van der Waals surface area contributed by atoms with Gasteiger partial charge in [0.05, 0.1) is 17.9 Å². The number of carboxylic acids is 1. The summed E-state index contributed by atoms with van der Waals surface area (Å²) in [4.78, 5) is 23.4. The molecule has 0 aromatic carbocycles. The Morgan fingerprint density at radius 1 is 1.15 bits per heavy atom. The van der Waals surface area contributed by atoms with Crippen LogP contribution in [-0.2, 0) is 9.59 Å². The molecule has 5 heteroatoms. The quantitative estimate of drug-likeness (QED) is 0.728. The summed E-state index contributed by atoms with van der Waals surface area (Å²) < 4.78 is 0. The Morgan fingerprint density at radius 2 is 1.80 bits per heavy atom. The molecule has 0 aliphatic heterocycles. The molecule has 5 nitrogen and oxygen atoms in total. The van der Waals surface area contributed by atoms with E-state index >= 15 is 0 Å². The molecule has 2 saturated carbocycles. The molecule has 0 heterocycles. The molecule has 0 aromatic rings. The molecule has 0 aromatic heterocycles. The van der Waals surface area contributed by atoms with Gasteiger partial charge in [-0.1, -0.05) is 19.8 Å². The Bertz CT molecular complexity index is 371. The minimum absolute atomic E-state index is 0.120. The highest BCUT2D eigenvalue weighted by Gasteiger charge is 2.41. The first-order valence-corrected chi connectivity index (χ1v) is 7.67. The summed E-state index contributed by atoms with van der Waals surface area (Å²) in [5.74, 6) is -1.59. The second-order valence-corrected chi connectivity index (χ2v) is 6.48. The maximum atomic E-state index is 12.2. The van der Waals surface area contributed by atoms with E-state index in [0.717, 1.165) is 25.7 Å². The summed E-state index contributed by atoms with van der Waals surface area (Å²) in [5.41, 5.74) is 0. The number of carbonyl (C=O) groups is 2. The van der Waals surface area contributed by atoms with Crippen LogP contribution in [0.4, 0.5) is 0 Å². The molecular formula is C15H25NO4. The first-order chi connectivity index (χ1) is 9.49. The number of aliphatic hydroxyl groups excluding tert-OH is 1. The Kier molecular flexibility index (Phi) is 5.02. The van der Waals surface area contributed by atoms with E-state index in [0.29, 0.717) is 19.4 Å². The number of amides is 1. The molecule has 2 fully saturated rings. The van der Waals surface area contributed by atoms with Crippen LogP contribution < -0.4 is 5.32 Å². The van der Waals surface area contributed by atoms with Gasteiger partial charge in [0.25, 0.3) is 0 Å². The van der Waals surface area contributed by atoms with E-state index in [4.69, 9.17) is 0 Å². The van der Waals surface area contributed by atoms with Crippen molar-refractivity contribution >= 4 is 11.9 Å². The van der Waals surface area contributed by atoms with Gasteiger partial charge in [0, 0.05) is 12.5 Å². The molecule has 3 N–H and O–H groups in total. The minimum atomic E-state index is -0.868. The first-order valence-electron chi connectivity index (χ1n) is 7.67. The summed E-state index contributed by atoms with van der Waals surface area (Å²) in [6.45, 7) is 2.46. The number of nitrogens with one attached hydrogen (secondary N) is 1. The van der Waals surface area contributed by atoms with Crippen molar-refractivity contribution in [2.75, 3.05) is 6.54 Å². The van der Waals surface area contributed by atoms with Crippen molar-refractivity contribution in [2.45, 2.75) is 51.6 Å². The summed E-state index contributed by atoms with van der Waals surface area (Å²) in [6.07, 6.45) is 4.78. The Morgan fingerprint density at radius 3 is 2.45 bits per heavy atom. The highest BCUT2D eigenvalue weighted by molar-refractivity contribution is 5.85. The van der Waals surface area contributed by atoms with Crippen LogP contribution in [-0.4, -0.2) is 34.7 Å². The highest BCUT2D eigenvalue weighted by atomic mass is 16.4. The van der Waals surface area contributed by atoms with Crippen LogP contribution in [0.5, 0.6) is 0 Å². The van der Waals surface area contributed by atoms with Crippen molar-refractivity contribution in [1.82, 2.24) is 5.32 Å². The number of aliphatic carboxylic acids is 1. The summed E-state index contributed by atoms with van der Waals surface area (Å²) in [6, 6.07) is 0. The molecule has 0 bridgehead atoms. The molecule has 20 heavy (non-hydrogen) atoms. The standard InChI is InChI=1S/C15H25NO4/c1-9-6-11(12(7-9)15(19)20)14(18)16-8-10-4-2-3-5-13(10)17/h9-13,17H,2-8H2,1H3,(H,16,18)(H,19,20)/t9?,10?,11-,12+,13?/m0/s1. The lowest BCUT2D eigenvalue weighted by atomic mass is 9.86. The maximum absolute atomic E-state index is 12.2. The predicted molar refractivity (Wildman–Crippen MR) is 74.0 cm³/mol. The maximum Gasteiger partial charge on any atom is 0.307 e. The van der Waals surface area contributed by atoms with Crippen LogP contribution in [0.15, 0.2) is 0 Å². The smallest absolute Gasteiger partial charge is 0.307 e. The van der Waals surface area contributed by atoms with Crippen LogP contribution in [0.3, 0.4) is 0 Å². The zero-order valence-electron chi connectivity index (χ0n) is 12.0. The lowest BCUT2D eigenvalue weighted by Crippen LogP contribution is -2.41. The van der Waals surface area contributed by atoms with Gasteiger partial charge >= 0.3 is 5.97 Å². The molecule has 2 rings (SSSR count). The van der Waals surface area contributed by atoms with E-state index in [1.807, 2.05) is 6.92 Å². The second-order valence-electron chi connectivity index (χ2n) is 6.48. The number of carboxylic acid groups (broad SMARTS) is 1. The van der Waals surface area contributed by atoms with Crippen molar-refractivity contribution < 1.29 is 19.8 Å². The third-order valence-electron chi connectivity index (χ3n) is 4.86. The predicted octanol–water partition coefficient (Wildman–Crippen LogP) is 1.40. The lowest BCUT2D eigenvalue weighted by Gasteiger charge is -2.28. The van der Waals surface area contributed by atoms with Crippen molar-refractivity contribution in [3.8, 4) is 0 Å². The zero-order valence-corrected chi connectivity index (χ0v) is 12.0. The average Bonchev–Trinajstić information content (AvgIpc) is 2.80. The van der Waals surface area contributed by atoms with Gasteiger partial charge in [0.1, 0.15) is 0 Å². The molecule has 2 aliphatic carbocycles. The van der Waals surface area contributed by atoms with Gasteiger partial charge in [0.2, 0.25) is 5.91 Å². The molecule has 2 aliphatic rings. The van der Waals surface area contributed by atoms with Gasteiger partial charge < -0.3 is 15.5 Å². The largest absolute Gasteiger partial charge is 0.481 e. The third kappa shape index (κ3) is 3.51.